The summed E-state index contributed by atoms with van der Waals surface area (Å²) in [7, 11) is 1.37. The minimum atomic E-state index is -0.499. The average Bonchev–Trinajstić information content (AvgIpc) is 2.41. The second-order valence-electron chi connectivity index (χ2n) is 4.49. The van der Waals surface area contributed by atoms with Crippen molar-refractivity contribution in [3.63, 3.8) is 0 Å². The average molecular weight is 263 g/mol. The van der Waals surface area contributed by atoms with Crippen molar-refractivity contribution in [2.24, 2.45) is 0 Å². The van der Waals surface area contributed by atoms with Crippen molar-refractivity contribution in [3.8, 4) is 5.75 Å². The van der Waals surface area contributed by atoms with Crippen LogP contribution in [0.15, 0.2) is 18.2 Å². The summed E-state index contributed by atoms with van der Waals surface area (Å²) >= 11 is 0. The predicted molar refractivity (Wildman–Crippen MR) is 70.2 cm³/mol. The number of anilines is 1. The fraction of sp³-hybridized carbons (Fsp3) is 0.429. The summed E-state index contributed by atoms with van der Waals surface area (Å²) < 4.78 is 10.3. The first kappa shape index (κ1) is 13.4. The van der Waals surface area contributed by atoms with Crippen molar-refractivity contribution in [1.82, 2.24) is 0 Å². The van der Waals surface area contributed by atoms with Gasteiger partial charge in [-0.2, -0.15) is 0 Å². The van der Waals surface area contributed by atoms with E-state index in [0.717, 1.165) is 5.56 Å². The molecule has 1 aliphatic rings. The summed E-state index contributed by atoms with van der Waals surface area (Å²) in [5, 5.41) is 2.77. The highest BCUT2D eigenvalue weighted by molar-refractivity contribution is 5.97. The molecule has 102 valence electrons. The molecule has 0 radical (unpaired) electrons. The zero-order valence-corrected chi connectivity index (χ0v) is 11.2. The number of benzene rings is 1. The van der Waals surface area contributed by atoms with Gasteiger partial charge in [-0.3, -0.25) is 9.59 Å². The number of carbonyl (C=O) groups is 2. The Morgan fingerprint density at radius 3 is 2.89 bits per heavy atom. The van der Waals surface area contributed by atoms with Crippen molar-refractivity contribution < 1.29 is 19.1 Å². The van der Waals surface area contributed by atoms with Gasteiger partial charge in [0, 0.05) is 0 Å². The molecule has 5 nitrogen and oxygen atoms in total. The molecule has 1 aliphatic heterocycles. The van der Waals surface area contributed by atoms with Gasteiger partial charge in [0.1, 0.15) is 5.75 Å². The Hall–Kier alpha value is -2.04. The quantitative estimate of drug-likeness (QED) is 0.848. The van der Waals surface area contributed by atoms with Gasteiger partial charge in [0.25, 0.3) is 5.91 Å². The van der Waals surface area contributed by atoms with Crippen LogP contribution in [0.25, 0.3) is 0 Å². The number of rotatable bonds is 3. The zero-order valence-electron chi connectivity index (χ0n) is 11.2. The summed E-state index contributed by atoms with van der Waals surface area (Å²) in [4.78, 5) is 23.3. The maximum Gasteiger partial charge on any atom is 0.313 e. The second-order valence-corrected chi connectivity index (χ2v) is 4.49. The summed E-state index contributed by atoms with van der Waals surface area (Å²) in [6.45, 7) is 3.60. The van der Waals surface area contributed by atoms with E-state index in [9.17, 15) is 9.59 Å². The summed E-state index contributed by atoms with van der Waals surface area (Å²) in [5.74, 6) is -0.170. The number of fused-ring (bicyclic) bond motifs is 1. The molecule has 0 aliphatic carbocycles. The van der Waals surface area contributed by atoms with Gasteiger partial charge in [-0.1, -0.05) is 13.0 Å². The summed E-state index contributed by atoms with van der Waals surface area (Å²) in [6.07, 6.45) is 0.136. The summed E-state index contributed by atoms with van der Waals surface area (Å²) in [5.41, 5.74) is 1.41. The fourth-order valence-electron chi connectivity index (χ4n) is 2.12. The molecule has 5 heteroatoms. The van der Waals surface area contributed by atoms with Crippen molar-refractivity contribution in [1.29, 1.82) is 0 Å². The van der Waals surface area contributed by atoms with E-state index in [-0.39, 0.29) is 17.8 Å². The molecule has 1 aromatic rings. The highest BCUT2D eigenvalue weighted by Crippen LogP contribution is 2.33. The highest BCUT2D eigenvalue weighted by atomic mass is 16.5. The monoisotopic (exact) mass is 263 g/mol. The van der Waals surface area contributed by atoms with Gasteiger partial charge in [0.05, 0.1) is 18.7 Å². The van der Waals surface area contributed by atoms with Crippen LogP contribution in [0.1, 0.15) is 31.7 Å². The van der Waals surface area contributed by atoms with Crippen LogP contribution in [-0.2, 0) is 14.3 Å². The van der Waals surface area contributed by atoms with Crippen LogP contribution in [0.4, 0.5) is 5.69 Å². The van der Waals surface area contributed by atoms with Gasteiger partial charge < -0.3 is 14.8 Å². The fourth-order valence-corrected chi connectivity index (χ4v) is 2.12. The largest absolute Gasteiger partial charge is 0.479 e. The molecular formula is C14H17NO4. The number of esters is 1. The third-order valence-corrected chi connectivity index (χ3v) is 3.23. The van der Waals surface area contributed by atoms with E-state index >= 15 is 0 Å². The first-order valence-electron chi connectivity index (χ1n) is 6.26. The lowest BCUT2D eigenvalue weighted by Crippen LogP contribution is -2.34. The van der Waals surface area contributed by atoms with E-state index in [4.69, 9.17) is 9.47 Å². The molecule has 1 amide bonds. The van der Waals surface area contributed by atoms with Crippen molar-refractivity contribution in [3.05, 3.63) is 23.8 Å². The smallest absolute Gasteiger partial charge is 0.313 e. The molecule has 0 saturated heterocycles. The normalized spacial score (nSPS) is 18.9. The minimum Gasteiger partial charge on any atom is -0.479 e. The molecule has 0 fully saturated rings. The van der Waals surface area contributed by atoms with Gasteiger partial charge in [0.2, 0.25) is 0 Å². The Morgan fingerprint density at radius 1 is 1.53 bits per heavy atom. The maximum absolute atomic E-state index is 11.7. The van der Waals surface area contributed by atoms with E-state index in [2.05, 4.69) is 5.32 Å². The number of ether oxygens (including phenoxy) is 2. The molecule has 1 heterocycles. The van der Waals surface area contributed by atoms with Crippen LogP contribution in [0.2, 0.25) is 0 Å². The van der Waals surface area contributed by atoms with Gasteiger partial charge >= 0.3 is 5.97 Å². The SMILES string of the molecule is CCC(C(=O)OC)c1ccc2c(c1)NC(=O)C(C)O2. The standard InChI is InChI=1S/C14H17NO4/c1-4-10(14(17)18-3)9-5-6-12-11(7-9)15-13(16)8(2)19-12/h5-8,10H,4H2,1-3H3,(H,15,16). The molecule has 19 heavy (non-hydrogen) atoms. The Morgan fingerprint density at radius 2 is 2.26 bits per heavy atom. The Labute approximate surface area is 111 Å². The lowest BCUT2D eigenvalue weighted by molar-refractivity contribution is -0.142. The maximum atomic E-state index is 11.7. The van der Waals surface area contributed by atoms with Crippen LogP contribution >= 0.6 is 0 Å². The molecule has 2 rings (SSSR count). The number of amides is 1. The number of carbonyl (C=O) groups excluding carboxylic acids is 2. The molecule has 0 spiro atoms. The molecule has 2 unspecified atom stereocenters. The molecular weight excluding hydrogens is 246 g/mol. The molecule has 0 saturated carbocycles. The lowest BCUT2D eigenvalue weighted by Gasteiger charge is -2.24. The number of hydrogen-bond acceptors (Lipinski definition) is 4. The molecule has 1 N–H and O–H groups in total. The van der Waals surface area contributed by atoms with E-state index in [1.54, 1.807) is 19.1 Å². The van der Waals surface area contributed by atoms with Crippen LogP contribution in [-0.4, -0.2) is 25.1 Å². The van der Waals surface area contributed by atoms with Crippen molar-refractivity contribution >= 4 is 17.6 Å². The van der Waals surface area contributed by atoms with E-state index in [1.807, 2.05) is 13.0 Å². The summed E-state index contributed by atoms with van der Waals surface area (Å²) in [6, 6.07) is 5.37. The molecule has 1 aromatic carbocycles. The van der Waals surface area contributed by atoms with Gasteiger partial charge in [-0.15, -0.1) is 0 Å². The van der Waals surface area contributed by atoms with Crippen LogP contribution in [0.3, 0.4) is 0 Å². The Kier molecular flexibility index (Phi) is 3.74. The lowest BCUT2D eigenvalue weighted by atomic mass is 9.95. The van der Waals surface area contributed by atoms with Crippen molar-refractivity contribution in [2.45, 2.75) is 32.3 Å². The van der Waals surface area contributed by atoms with Crippen LogP contribution in [0, 0.1) is 0 Å². The van der Waals surface area contributed by atoms with Crippen molar-refractivity contribution in [2.75, 3.05) is 12.4 Å². The Balaban J connectivity index is 2.33. The van der Waals surface area contributed by atoms with Gasteiger partial charge in [-0.25, -0.2) is 0 Å². The third-order valence-electron chi connectivity index (χ3n) is 3.23. The topological polar surface area (TPSA) is 64.6 Å². The number of hydrogen-bond donors (Lipinski definition) is 1. The third kappa shape index (κ3) is 2.54. The minimum absolute atomic E-state index is 0.184. The second kappa shape index (κ2) is 5.30. The predicted octanol–water partition coefficient (Wildman–Crippen LogP) is 2.07. The first-order chi connectivity index (χ1) is 9.06. The van der Waals surface area contributed by atoms with Crippen LogP contribution < -0.4 is 10.1 Å². The van der Waals surface area contributed by atoms with E-state index in [0.29, 0.717) is 17.9 Å². The van der Waals surface area contributed by atoms with Crippen LogP contribution in [0.5, 0.6) is 5.75 Å². The highest BCUT2D eigenvalue weighted by Gasteiger charge is 2.26. The number of nitrogens with one attached hydrogen (secondary N) is 1. The Bertz CT molecular complexity index is 512. The molecule has 2 atom stereocenters. The van der Waals surface area contributed by atoms with E-state index in [1.165, 1.54) is 7.11 Å². The zero-order chi connectivity index (χ0) is 14.0. The molecule has 0 bridgehead atoms. The first-order valence-corrected chi connectivity index (χ1v) is 6.26. The molecule has 0 aromatic heterocycles. The van der Waals surface area contributed by atoms with Gasteiger partial charge in [-0.05, 0) is 31.0 Å². The number of methoxy groups -OCH3 is 1. The van der Waals surface area contributed by atoms with E-state index < -0.39 is 6.10 Å². The van der Waals surface area contributed by atoms with Gasteiger partial charge in [0.15, 0.2) is 6.10 Å².